The van der Waals surface area contributed by atoms with Crippen molar-refractivity contribution in [1.82, 2.24) is 0 Å². The number of Topliss-reactive ketones (excluding diaryl/α,β-unsaturated/α-hetero) is 1. The maximum atomic E-state index is 11.7. The van der Waals surface area contributed by atoms with Gasteiger partial charge in [0.25, 0.3) is 0 Å². The molecule has 14 heavy (non-hydrogen) atoms. The Kier molecular flexibility index (Phi) is 4.69. The number of rotatable bonds is 4. The molecule has 3 heteroatoms. The van der Waals surface area contributed by atoms with Crippen LogP contribution in [0.1, 0.15) is 29.3 Å². The highest BCUT2D eigenvalue weighted by molar-refractivity contribution is 9.09. The molecule has 0 aromatic heterocycles. The molecular formula is C11H13BrOS. The summed E-state index contributed by atoms with van der Waals surface area (Å²) in [5, 5.41) is 0.714. The Labute approximate surface area is 98.4 Å². The Morgan fingerprint density at radius 1 is 1.50 bits per heavy atom. The van der Waals surface area contributed by atoms with E-state index in [4.69, 9.17) is 0 Å². The van der Waals surface area contributed by atoms with E-state index in [2.05, 4.69) is 35.5 Å². The Bertz CT molecular complexity index is 336. The van der Waals surface area contributed by atoms with Gasteiger partial charge < -0.3 is 0 Å². The van der Waals surface area contributed by atoms with Crippen molar-refractivity contribution in [1.29, 1.82) is 0 Å². The third kappa shape index (κ3) is 2.85. The minimum atomic E-state index is 0.189. The molecular weight excluding hydrogens is 260 g/mol. The van der Waals surface area contributed by atoms with E-state index in [1.54, 1.807) is 0 Å². The Hall–Kier alpha value is -0.280. The van der Waals surface area contributed by atoms with E-state index < -0.39 is 0 Å². The number of benzene rings is 1. The largest absolute Gasteiger partial charge is 0.294 e. The Balaban J connectivity index is 3.03. The van der Waals surface area contributed by atoms with E-state index in [1.807, 2.05) is 18.2 Å². The number of ketones is 1. The van der Waals surface area contributed by atoms with E-state index >= 15 is 0 Å². The highest BCUT2D eigenvalue weighted by atomic mass is 79.9. The Morgan fingerprint density at radius 3 is 2.79 bits per heavy atom. The van der Waals surface area contributed by atoms with Crippen LogP contribution in [-0.2, 0) is 6.42 Å². The maximum absolute atomic E-state index is 11.7. The molecule has 0 spiro atoms. The third-order valence-electron chi connectivity index (χ3n) is 2.10. The number of carbonyl (C=O) groups is 1. The van der Waals surface area contributed by atoms with Crippen LogP contribution < -0.4 is 0 Å². The predicted molar refractivity (Wildman–Crippen MR) is 65.8 cm³/mol. The monoisotopic (exact) mass is 272 g/mol. The average molecular weight is 273 g/mol. The van der Waals surface area contributed by atoms with Gasteiger partial charge in [0.1, 0.15) is 0 Å². The zero-order valence-electron chi connectivity index (χ0n) is 8.09. The highest BCUT2D eigenvalue weighted by Crippen LogP contribution is 2.17. The van der Waals surface area contributed by atoms with Crippen molar-refractivity contribution in [2.75, 3.05) is 5.33 Å². The molecule has 0 saturated heterocycles. The van der Waals surface area contributed by atoms with E-state index in [0.29, 0.717) is 11.8 Å². The molecule has 0 heterocycles. The molecule has 1 nitrogen and oxygen atoms in total. The molecule has 0 N–H and O–H groups in total. The summed E-state index contributed by atoms with van der Waals surface area (Å²) in [6.45, 7) is 2.05. The zero-order chi connectivity index (χ0) is 10.6. The van der Waals surface area contributed by atoms with Crippen LogP contribution in [0.15, 0.2) is 23.1 Å². The van der Waals surface area contributed by atoms with Gasteiger partial charge >= 0.3 is 0 Å². The fourth-order valence-corrected chi connectivity index (χ4v) is 1.92. The summed E-state index contributed by atoms with van der Waals surface area (Å²) in [6, 6.07) is 5.75. The first-order chi connectivity index (χ1) is 6.69. The second kappa shape index (κ2) is 5.56. The lowest BCUT2D eigenvalue weighted by atomic mass is 10.0. The van der Waals surface area contributed by atoms with Gasteiger partial charge in [-0.1, -0.05) is 28.9 Å². The molecule has 0 bridgehead atoms. The molecule has 0 aliphatic rings. The second-order valence-corrected chi connectivity index (χ2v) is 4.37. The molecule has 1 rings (SSSR count). The molecule has 0 aliphatic carbocycles. The lowest BCUT2D eigenvalue weighted by Gasteiger charge is -2.06. The van der Waals surface area contributed by atoms with Gasteiger partial charge in [-0.15, -0.1) is 12.6 Å². The van der Waals surface area contributed by atoms with Gasteiger partial charge in [0, 0.05) is 22.2 Å². The van der Waals surface area contributed by atoms with Crippen molar-refractivity contribution in [3.63, 3.8) is 0 Å². The fraction of sp³-hybridized carbons (Fsp3) is 0.364. The van der Waals surface area contributed by atoms with Gasteiger partial charge in [0.2, 0.25) is 0 Å². The summed E-state index contributed by atoms with van der Waals surface area (Å²) < 4.78 is 0. The number of hydrogen-bond donors (Lipinski definition) is 1. The van der Waals surface area contributed by atoms with Crippen LogP contribution in [0, 0.1) is 0 Å². The fourth-order valence-electron chi connectivity index (χ4n) is 1.35. The number of carbonyl (C=O) groups excluding carboxylic acids is 1. The Morgan fingerprint density at radius 2 is 2.21 bits per heavy atom. The number of halogens is 1. The summed E-state index contributed by atoms with van der Waals surface area (Å²) in [6.07, 6.45) is 1.43. The molecule has 0 aliphatic heterocycles. The molecule has 0 amide bonds. The van der Waals surface area contributed by atoms with Gasteiger partial charge in [-0.3, -0.25) is 4.79 Å². The van der Waals surface area contributed by atoms with Crippen molar-refractivity contribution in [3.8, 4) is 0 Å². The minimum Gasteiger partial charge on any atom is -0.294 e. The van der Waals surface area contributed by atoms with Gasteiger partial charge in [-0.25, -0.2) is 0 Å². The van der Waals surface area contributed by atoms with Crippen molar-refractivity contribution in [2.45, 2.75) is 24.7 Å². The first kappa shape index (κ1) is 11.8. The van der Waals surface area contributed by atoms with Crippen LogP contribution in [0.3, 0.4) is 0 Å². The molecule has 1 aromatic rings. The van der Waals surface area contributed by atoms with Gasteiger partial charge in [0.15, 0.2) is 5.78 Å². The van der Waals surface area contributed by atoms with Crippen LogP contribution >= 0.6 is 28.6 Å². The zero-order valence-corrected chi connectivity index (χ0v) is 10.6. The molecule has 0 atom stereocenters. The van der Waals surface area contributed by atoms with Gasteiger partial charge in [0.05, 0.1) is 0 Å². The quantitative estimate of drug-likeness (QED) is 0.504. The van der Waals surface area contributed by atoms with Crippen LogP contribution in [0.4, 0.5) is 0 Å². The lowest BCUT2D eigenvalue weighted by Crippen LogP contribution is -2.03. The van der Waals surface area contributed by atoms with Gasteiger partial charge in [-0.05, 0) is 24.1 Å². The lowest BCUT2D eigenvalue weighted by molar-refractivity contribution is 0.0989. The normalized spacial score (nSPS) is 10.2. The number of thiol groups is 1. The van der Waals surface area contributed by atoms with E-state index in [9.17, 15) is 4.79 Å². The van der Waals surface area contributed by atoms with Crippen LogP contribution in [0.5, 0.6) is 0 Å². The number of aryl methyl sites for hydroxylation is 1. The van der Waals surface area contributed by atoms with Crippen molar-refractivity contribution >= 4 is 34.3 Å². The molecule has 0 saturated carbocycles. The first-order valence-electron chi connectivity index (χ1n) is 4.60. The molecule has 0 radical (unpaired) electrons. The van der Waals surface area contributed by atoms with E-state index in [1.165, 1.54) is 0 Å². The van der Waals surface area contributed by atoms with Crippen molar-refractivity contribution < 1.29 is 4.79 Å². The molecule has 76 valence electrons. The maximum Gasteiger partial charge on any atom is 0.164 e. The number of alkyl halides is 1. The first-order valence-corrected chi connectivity index (χ1v) is 6.17. The highest BCUT2D eigenvalue weighted by Gasteiger charge is 2.09. The SMILES string of the molecule is CCc1ccc(S)cc1C(=O)CCBr. The van der Waals surface area contributed by atoms with Crippen LogP contribution in [0.25, 0.3) is 0 Å². The topological polar surface area (TPSA) is 17.1 Å². The second-order valence-electron chi connectivity index (χ2n) is 3.06. The molecule has 1 aromatic carbocycles. The van der Waals surface area contributed by atoms with Crippen LogP contribution in [0.2, 0.25) is 0 Å². The molecule has 0 unspecified atom stereocenters. The van der Waals surface area contributed by atoms with E-state index in [-0.39, 0.29) is 5.78 Å². The summed E-state index contributed by atoms with van der Waals surface area (Å²) in [5.41, 5.74) is 1.92. The van der Waals surface area contributed by atoms with Crippen molar-refractivity contribution in [2.24, 2.45) is 0 Å². The summed E-state index contributed by atoms with van der Waals surface area (Å²) >= 11 is 7.51. The predicted octanol–water partition coefficient (Wildman–Crippen LogP) is 3.51. The standard InChI is InChI=1S/C11H13BrOS/c1-2-8-3-4-9(14)7-10(8)11(13)5-6-12/h3-4,7,14H,2,5-6H2,1H3. The van der Waals surface area contributed by atoms with E-state index in [0.717, 1.165) is 22.4 Å². The smallest absolute Gasteiger partial charge is 0.164 e. The summed E-state index contributed by atoms with van der Waals surface area (Å²) in [4.78, 5) is 12.6. The number of hydrogen-bond acceptors (Lipinski definition) is 2. The van der Waals surface area contributed by atoms with Gasteiger partial charge in [-0.2, -0.15) is 0 Å². The minimum absolute atomic E-state index is 0.189. The third-order valence-corrected chi connectivity index (χ3v) is 2.77. The summed E-state index contributed by atoms with van der Waals surface area (Å²) in [7, 11) is 0. The summed E-state index contributed by atoms with van der Waals surface area (Å²) in [5.74, 6) is 0.189. The molecule has 0 fully saturated rings. The van der Waals surface area contributed by atoms with Crippen LogP contribution in [-0.4, -0.2) is 11.1 Å². The average Bonchev–Trinajstić information content (AvgIpc) is 2.18. The van der Waals surface area contributed by atoms with Crippen molar-refractivity contribution in [3.05, 3.63) is 29.3 Å².